The molecule has 0 radical (unpaired) electrons. The molecular formula is C18H27N3O3. The van der Waals surface area contributed by atoms with Crippen LogP contribution >= 0.6 is 0 Å². The van der Waals surface area contributed by atoms with Gasteiger partial charge in [0.1, 0.15) is 6.10 Å². The summed E-state index contributed by atoms with van der Waals surface area (Å²) in [6.07, 6.45) is 11.3. The van der Waals surface area contributed by atoms with E-state index < -0.39 is 0 Å². The molecule has 3 aliphatic rings. The number of nitrogens with zero attached hydrogens (tertiary/aromatic N) is 3. The lowest BCUT2D eigenvalue weighted by atomic mass is 10.1. The van der Waals surface area contributed by atoms with Crippen LogP contribution < -0.4 is 9.64 Å². The monoisotopic (exact) mass is 333 g/mol. The van der Waals surface area contributed by atoms with E-state index in [0.717, 1.165) is 45.0 Å². The Kier molecular flexibility index (Phi) is 5.13. The molecule has 1 aliphatic carbocycles. The predicted molar refractivity (Wildman–Crippen MR) is 90.4 cm³/mol. The van der Waals surface area contributed by atoms with Gasteiger partial charge in [0, 0.05) is 19.7 Å². The van der Waals surface area contributed by atoms with E-state index in [1.54, 1.807) is 6.20 Å². The molecule has 2 saturated heterocycles. The lowest BCUT2D eigenvalue weighted by Crippen LogP contribution is -2.48. The van der Waals surface area contributed by atoms with Gasteiger partial charge in [0.2, 0.25) is 5.88 Å². The summed E-state index contributed by atoms with van der Waals surface area (Å²) >= 11 is 0. The molecule has 0 N–H and O–H groups in total. The molecule has 0 aromatic carbocycles. The van der Waals surface area contributed by atoms with Crippen LogP contribution in [0.2, 0.25) is 0 Å². The van der Waals surface area contributed by atoms with E-state index >= 15 is 0 Å². The maximum absolute atomic E-state index is 5.91. The standard InChI is InChI=1S/C18H27N3O3/c1-2-5-14(4-1)13-24-18-11-19-10-17(20-18)21-7-9-23-16(12-21)15-6-3-8-22-15/h10-11,14-16H,1-9,12-13H2. The van der Waals surface area contributed by atoms with Crippen molar-refractivity contribution < 1.29 is 14.2 Å². The predicted octanol–water partition coefficient (Wildman–Crippen LogP) is 2.43. The number of rotatable bonds is 5. The Morgan fingerprint density at radius 1 is 1.04 bits per heavy atom. The van der Waals surface area contributed by atoms with Crippen LogP contribution in [0.3, 0.4) is 0 Å². The van der Waals surface area contributed by atoms with Crippen molar-refractivity contribution in [2.75, 3.05) is 37.8 Å². The average molecular weight is 333 g/mol. The Morgan fingerprint density at radius 3 is 2.75 bits per heavy atom. The fraction of sp³-hybridized carbons (Fsp3) is 0.778. The maximum Gasteiger partial charge on any atom is 0.234 e. The Labute approximate surface area is 143 Å². The van der Waals surface area contributed by atoms with E-state index in [0.29, 0.717) is 18.4 Å². The van der Waals surface area contributed by atoms with E-state index in [-0.39, 0.29) is 12.2 Å². The molecule has 4 rings (SSSR count). The molecule has 2 unspecified atom stereocenters. The van der Waals surface area contributed by atoms with Crippen LogP contribution in [0.25, 0.3) is 0 Å². The van der Waals surface area contributed by atoms with Gasteiger partial charge in [-0.2, -0.15) is 4.98 Å². The second-order valence-electron chi connectivity index (χ2n) is 7.08. The minimum Gasteiger partial charge on any atom is -0.476 e. The highest BCUT2D eigenvalue weighted by Crippen LogP contribution is 2.26. The molecule has 6 heteroatoms. The Hall–Kier alpha value is -1.40. The molecule has 24 heavy (non-hydrogen) atoms. The van der Waals surface area contributed by atoms with Crippen molar-refractivity contribution in [3.8, 4) is 5.88 Å². The first kappa shape index (κ1) is 16.1. The maximum atomic E-state index is 5.91. The lowest BCUT2D eigenvalue weighted by molar-refractivity contribution is -0.0544. The van der Waals surface area contributed by atoms with Crippen LogP contribution in [-0.2, 0) is 9.47 Å². The number of morpholine rings is 1. The summed E-state index contributed by atoms with van der Waals surface area (Å²) in [6, 6.07) is 0. The van der Waals surface area contributed by atoms with Gasteiger partial charge in [-0.25, -0.2) is 0 Å². The summed E-state index contributed by atoms with van der Waals surface area (Å²) < 4.78 is 17.6. The van der Waals surface area contributed by atoms with Gasteiger partial charge in [0.15, 0.2) is 5.82 Å². The first-order chi connectivity index (χ1) is 11.9. The van der Waals surface area contributed by atoms with Gasteiger partial charge >= 0.3 is 0 Å². The number of ether oxygens (including phenoxy) is 3. The zero-order valence-electron chi connectivity index (χ0n) is 14.2. The first-order valence-electron chi connectivity index (χ1n) is 9.31. The molecule has 1 saturated carbocycles. The van der Waals surface area contributed by atoms with Gasteiger partial charge < -0.3 is 19.1 Å². The van der Waals surface area contributed by atoms with Crippen LogP contribution in [-0.4, -0.2) is 55.1 Å². The molecule has 0 bridgehead atoms. The molecule has 1 aromatic heterocycles. The molecule has 0 spiro atoms. The van der Waals surface area contributed by atoms with Crippen LogP contribution in [0.4, 0.5) is 5.82 Å². The highest BCUT2D eigenvalue weighted by Gasteiger charge is 2.31. The quantitative estimate of drug-likeness (QED) is 0.825. The molecule has 2 atom stereocenters. The van der Waals surface area contributed by atoms with Crippen LogP contribution in [0, 0.1) is 5.92 Å². The van der Waals surface area contributed by atoms with E-state index in [1.807, 2.05) is 6.20 Å². The lowest BCUT2D eigenvalue weighted by Gasteiger charge is -2.35. The number of anilines is 1. The fourth-order valence-corrected chi connectivity index (χ4v) is 3.94. The average Bonchev–Trinajstić information content (AvgIpc) is 3.34. The van der Waals surface area contributed by atoms with Crippen LogP contribution in [0.15, 0.2) is 12.4 Å². The molecule has 0 amide bonds. The summed E-state index contributed by atoms with van der Waals surface area (Å²) in [7, 11) is 0. The summed E-state index contributed by atoms with van der Waals surface area (Å²) in [6.45, 7) is 3.98. The summed E-state index contributed by atoms with van der Waals surface area (Å²) in [4.78, 5) is 11.2. The third-order valence-corrected chi connectivity index (χ3v) is 5.34. The second-order valence-corrected chi connectivity index (χ2v) is 7.08. The first-order valence-corrected chi connectivity index (χ1v) is 9.31. The SMILES string of the molecule is c1ncc(N2CCOC(C3CCCO3)C2)nc1OCC1CCCC1. The summed E-state index contributed by atoms with van der Waals surface area (Å²) in [5, 5.41) is 0. The third kappa shape index (κ3) is 3.81. The summed E-state index contributed by atoms with van der Waals surface area (Å²) in [5.41, 5.74) is 0. The molecule has 6 nitrogen and oxygen atoms in total. The van der Waals surface area contributed by atoms with Gasteiger partial charge in [-0.1, -0.05) is 12.8 Å². The highest BCUT2D eigenvalue weighted by atomic mass is 16.5. The van der Waals surface area contributed by atoms with Crippen molar-refractivity contribution in [2.45, 2.75) is 50.7 Å². The second kappa shape index (κ2) is 7.66. The zero-order chi connectivity index (χ0) is 16.2. The van der Waals surface area contributed by atoms with Crippen molar-refractivity contribution in [1.82, 2.24) is 9.97 Å². The van der Waals surface area contributed by atoms with E-state index in [2.05, 4.69) is 14.9 Å². The highest BCUT2D eigenvalue weighted by molar-refractivity contribution is 5.38. The zero-order valence-corrected chi connectivity index (χ0v) is 14.2. The van der Waals surface area contributed by atoms with Gasteiger partial charge in [0.05, 0.1) is 31.7 Å². The fourth-order valence-electron chi connectivity index (χ4n) is 3.94. The molecule has 1 aromatic rings. The summed E-state index contributed by atoms with van der Waals surface area (Å²) in [5.74, 6) is 2.20. The molecule has 3 heterocycles. The van der Waals surface area contributed by atoms with Crippen molar-refractivity contribution in [3.63, 3.8) is 0 Å². The number of hydrogen-bond acceptors (Lipinski definition) is 6. The minimum atomic E-state index is 0.131. The normalized spacial score (nSPS) is 28.4. The minimum absolute atomic E-state index is 0.131. The molecular weight excluding hydrogens is 306 g/mol. The van der Waals surface area contributed by atoms with Crippen LogP contribution in [0.1, 0.15) is 38.5 Å². The van der Waals surface area contributed by atoms with Gasteiger partial charge in [-0.3, -0.25) is 4.98 Å². The van der Waals surface area contributed by atoms with E-state index in [4.69, 9.17) is 14.2 Å². The van der Waals surface area contributed by atoms with Crippen molar-refractivity contribution in [2.24, 2.45) is 5.92 Å². The van der Waals surface area contributed by atoms with Gasteiger partial charge in [0.25, 0.3) is 0 Å². The van der Waals surface area contributed by atoms with E-state index in [1.165, 1.54) is 25.7 Å². The Balaban J connectivity index is 1.36. The molecule has 132 valence electrons. The van der Waals surface area contributed by atoms with Crippen LogP contribution in [0.5, 0.6) is 5.88 Å². The topological polar surface area (TPSA) is 56.7 Å². The van der Waals surface area contributed by atoms with E-state index in [9.17, 15) is 0 Å². The van der Waals surface area contributed by atoms with Crippen molar-refractivity contribution in [3.05, 3.63) is 12.4 Å². The number of hydrogen-bond donors (Lipinski definition) is 0. The molecule has 3 fully saturated rings. The Bertz CT molecular complexity index is 530. The third-order valence-electron chi connectivity index (χ3n) is 5.34. The Morgan fingerprint density at radius 2 is 1.92 bits per heavy atom. The largest absolute Gasteiger partial charge is 0.476 e. The molecule has 2 aliphatic heterocycles. The van der Waals surface area contributed by atoms with Gasteiger partial charge in [-0.05, 0) is 31.6 Å². The van der Waals surface area contributed by atoms with Gasteiger partial charge in [-0.15, -0.1) is 0 Å². The smallest absolute Gasteiger partial charge is 0.234 e. The van der Waals surface area contributed by atoms with Crippen molar-refractivity contribution in [1.29, 1.82) is 0 Å². The van der Waals surface area contributed by atoms with Crippen molar-refractivity contribution >= 4 is 5.82 Å². The number of aromatic nitrogens is 2.